The number of nitrogens with one attached hydrogen (secondary N) is 3. The topological polar surface area (TPSA) is 62.6 Å². The van der Waals surface area contributed by atoms with E-state index in [1.165, 1.54) is 0 Å². The molecule has 128 valence electrons. The first-order valence-electron chi connectivity index (χ1n) is 8.09. The molecular formula is C18H30N3O2+. The third-order valence-electron chi connectivity index (χ3n) is 3.30. The Morgan fingerprint density at radius 2 is 1.65 bits per heavy atom. The lowest BCUT2D eigenvalue weighted by molar-refractivity contribution is -0.862. The largest absolute Gasteiger partial charge is 0.347 e. The van der Waals surface area contributed by atoms with Crippen molar-refractivity contribution < 1.29 is 14.5 Å². The molecule has 5 nitrogen and oxygen atoms in total. The van der Waals surface area contributed by atoms with E-state index in [-0.39, 0.29) is 30.4 Å². The SMILES string of the molecule is CC(C)c1ccccc1NC(=O)C[NH+](C)CC(=O)NC(C)(C)C. The van der Waals surface area contributed by atoms with Crippen LogP contribution in [0.3, 0.4) is 0 Å². The predicted octanol–water partition coefficient (Wildman–Crippen LogP) is 1.18. The van der Waals surface area contributed by atoms with Crippen molar-refractivity contribution in [3.63, 3.8) is 0 Å². The summed E-state index contributed by atoms with van der Waals surface area (Å²) in [4.78, 5) is 24.9. The van der Waals surface area contributed by atoms with E-state index in [0.29, 0.717) is 5.92 Å². The molecule has 3 N–H and O–H groups in total. The first kappa shape index (κ1) is 19.2. The lowest BCUT2D eigenvalue weighted by Gasteiger charge is -2.22. The molecule has 0 fully saturated rings. The molecule has 0 heterocycles. The van der Waals surface area contributed by atoms with Crippen LogP contribution < -0.4 is 15.5 Å². The van der Waals surface area contributed by atoms with Gasteiger partial charge in [0.1, 0.15) is 0 Å². The van der Waals surface area contributed by atoms with Gasteiger partial charge in [-0.05, 0) is 38.3 Å². The molecule has 0 aromatic heterocycles. The van der Waals surface area contributed by atoms with E-state index in [1.54, 1.807) is 0 Å². The Balaban J connectivity index is 2.55. The van der Waals surface area contributed by atoms with Crippen molar-refractivity contribution in [1.82, 2.24) is 5.32 Å². The normalized spacial score (nSPS) is 12.8. The summed E-state index contributed by atoms with van der Waals surface area (Å²) in [5.74, 6) is 0.207. The average Bonchev–Trinajstić information content (AvgIpc) is 2.35. The second-order valence-corrected chi connectivity index (χ2v) is 7.40. The minimum Gasteiger partial charge on any atom is -0.347 e. The van der Waals surface area contributed by atoms with Crippen molar-refractivity contribution in [3.05, 3.63) is 29.8 Å². The number of rotatable bonds is 6. The number of likely N-dealkylation sites (N-methyl/N-ethyl adjacent to an activating group) is 1. The standard InChI is InChI=1S/C18H29N3O2/c1-13(2)14-9-7-8-10-15(14)19-16(22)11-21(6)12-17(23)20-18(3,4)5/h7-10,13H,11-12H2,1-6H3,(H,19,22)(H,20,23)/p+1. The van der Waals surface area contributed by atoms with Gasteiger partial charge in [0, 0.05) is 11.2 Å². The number of amides is 2. The highest BCUT2D eigenvalue weighted by molar-refractivity contribution is 5.92. The van der Waals surface area contributed by atoms with E-state index in [4.69, 9.17) is 0 Å². The number of carbonyl (C=O) groups excluding carboxylic acids is 2. The van der Waals surface area contributed by atoms with Gasteiger partial charge in [-0.3, -0.25) is 9.59 Å². The maximum absolute atomic E-state index is 12.2. The number of benzene rings is 1. The summed E-state index contributed by atoms with van der Waals surface area (Å²) in [5, 5.41) is 5.86. The van der Waals surface area contributed by atoms with Crippen molar-refractivity contribution in [2.24, 2.45) is 0 Å². The predicted molar refractivity (Wildman–Crippen MR) is 93.7 cm³/mol. The van der Waals surface area contributed by atoms with Gasteiger partial charge in [-0.1, -0.05) is 32.0 Å². The number of quaternary nitrogens is 1. The van der Waals surface area contributed by atoms with Crippen molar-refractivity contribution in [3.8, 4) is 0 Å². The van der Waals surface area contributed by atoms with Crippen LogP contribution in [0.15, 0.2) is 24.3 Å². The van der Waals surface area contributed by atoms with Crippen LogP contribution in [0.4, 0.5) is 5.69 Å². The van der Waals surface area contributed by atoms with Gasteiger partial charge in [0.05, 0.1) is 7.05 Å². The van der Waals surface area contributed by atoms with Crippen LogP contribution >= 0.6 is 0 Å². The zero-order valence-corrected chi connectivity index (χ0v) is 15.1. The Hall–Kier alpha value is -1.88. The minimum absolute atomic E-state index is 0.0506. The molecule has 0 aliphatic heterocycles. The van der Waals surface area contributed by atoms with E-state index in [1.807, 2.05) is 52.1 Å². The van der Waals surface area contributed by atoms with Crippen molar-refractivity contribution in [2.75, 3.05) is 25.5 Å². The third-order valence-corrected chi connectivity index (χ3v) is 3.30. The van der Waals surface area contributed by atoms with Crippen molar-refractivity contribution in [1.29, 1.82) is 0 Å². The Morgan fingerprint density at radius 1 is 1.09 bits per heavy atom. The second-order valence-electron chi connectivity index (χ2n) is 7.40. The van der Waals surface area contributed by atoms with E-state index < -0.39 is 0 Å². The van der Waals surface area contributed by atoms with E-state index in [9.17, 15) is 9.59 Å². The molecule has 23 heavy (non-hydrogen) atoms. The fourth-order valence-electron chi connectivity index (χ4n) is 2.38. The Morgan fingerprint density at radius 3 is 2.22 bits per heavy atom. The number of para-hydroxylation sites is 1. The van der Waals surface area contributed by atoms with Crippen LogP contribution in [0, 0.1) is 0 Å². The summed E-state index contributed by atoms with van der Waals surface area (Å²) in [6, 6.07) is 7.82. The quantitative estimate of drug-likeness (QED) is 0.737. The van der Waals surface area contributed by atoms with Crippen LogP contribution in [0.2, 0.25) is 0 Å². The van der Waals surface area contributed by atoms with Gasteiger partial charge in [0.2, 0.25) is 0 Å². The molecule has 1 atom stereocenters. The molecule has 0 saturated carbocycles. The molecule has 0 bridgehead atoms. The van der Waals surface area contributed by atoms with E-state index in [2.05, 4.69) is 24.5 Å². The average molecular weight is 320 g/mol. The fourth-order valence-corrected chi connectivity index (χ4v) is 2.38. The number of hydrogen-bond acceptors (Lipinski definition) is 2. The summed E-state index contributed by atoms with van der Waals surface area (Å²) in [6.45, 7) is 10.5. The summed E-state index contributed by atoms with van der Waals surface area (Å²) >= 11 is 0. The molecule has 0 radical (unpaired) electrons. The molecule has 0 aliphatic carbocycles. The first-order chi connectivity index (χ1) is 10.6. The molecule has 1 rings (SSSR count). The molecule has 1 unspecified atom stereocenters. The van der Waals surface area contributed by atoms with Crippen LogP contribution in [-0.2, 0) is 9.59 Å². The zero-order chi connectivity index (χ0) is 17.6. The van der Waals surface area contributed by atoms with Gasteiger partial charge in [-0.15, -0.1) is 0 Å². The number of anilines is 1. The lowest BCUT2D eigenvalue weighted by atomic mass is 10.0. The molecule has 1 aromatic carbocycles. The van der Waals surface area contributed by atoms with Gasteiger partial charge in [-0.2, -0.15) is 0 Å². The Kier molecular flexibility index (Phi) is 6.76. The minimum atomic E-state index is -0.254. The van der Waals surface area contributed by atoms with Gasteiger partial charge in [0.15, 0.2) is 13.1 Å². The first-order valence-corrected chi connectivity index (χ1v) is 8.09. The van der Waals surface area contributed by atoms with E-state index >= 15 is 0 Å². The highest BCUT2D eigenvalue weighted by Crippen LogP contribution is 2.23. The van der Waals surface area contributed by atoms with Gasteiger partial charge >= 0.3 is 0 Å². The number of carbonyl (C=O) groups is 2. The van der Waals surface area contributed by atoms with Gasteiger partial charge in [-0.25, -0.2) is 0 Å². The van der Waals surface area contributed by atoms with Crippen molar-refractivity contribution in [2.45, 2.75) is 46.1 Å². The van der Waals surface area contributed by atoms with Gasteiger partial charge in [0.25, 0.3) is 11.8 Å². The summed E-state index contributed by atoms with van der Waals surface area (Å²) < 4.78 is 0. The highest BCUT2D eigenvalue weighted by Gasteiger charge is 2.19. The molecular weight excluding hydrogens is 290 g/mol. The maximum Gasteiger partial charge on any atom is 0.279 e. The maximum atomic E-state index is 12.2. The molecule has 5 heteroatoms. The molecule has 1 aromatic rings. The Bertz CT molecular complexity index is 547. The molecule has 0 aliphatic rings. The lowest BCUT2D eigenvalue weighted by Crippen LogP contribution is -3.11. The van der Waals surface area contributed by atoms with Crippen LogP contribution in [0.1, 0.15) is 46.1 Å². The zero-order valence-electron chi connectivity index (χ0n) is 15.1. The fraction of sp³-hybridized carbons (Fsp3) is 0.556. The van der Waals surface area contributed by atoms with Gasteiger partial charge < -0.3 is 15.5 Å². The van der Waals surface area contributed by atoms with E-state index in [0.717, 1.165) is 16.2 Å². The molecule has 0 saturated heterocycles. The number of hydrogen-bond donors (Lipinski definition) is 3. The van der Waals surface area contributed by atoms with Crippen molar-refractivity contribution >= 4 is 17.5 Å². The second kappa shape index (κ2) is 8.11. The summed E-state index contributed by atoms with van der Waals surface area (Å²) in [5.41, 5.74) is 1.71. The summed E-state index contributed by atoms with van der Waals surface area (Å²) in [6.07, 6.45) is 0. The summed E-state index contributed by atoms with van der Waals surface area (Å²) in [7, 11) is 1.84. The van der Waals surface area contributed by atoms with Crippen LogP contribution in [0.5, 0.6) is 0 Å². The highest BCUT2D eigenvalue weighted by atomic mass is 16.2. The molecule has 2 amide bonds. The Labute approximate surface area is 139 Å². The monoisotopic (exact) mass is 320 g/mol. The van der Waals surface area contributed by atoms with Crippen LogP contribution in [-0.4, -0.2) is 37.5 Å². The smallest absolute Gasteiger partial charge is 0.279 e. The molecule has 0 spiro atoms. The third kappa shape index (κ3) is 7.28. The van der Waals surface area contributed by atoms with Crippen LogP contribution in [0.25, 0.3) is 0 Å².